The summed E-state index contributed by atoms with van der Waals surface area (Å²) >= 11 is 0. The first-order chi connectivity index (χ1) is 5.29. The normalized spacial score (nSPS) is 17.4. The Morgan fingerprint density at radius 1 is 1.64 bits per heavy atom. The van der Waals surface area contributed by atoms with Crippen LogP contribution in [0.5, 0.6) is 0 Å². The van der Waals surface area contributed by atoms with Crippen LogP contribution in [0.25, 0.3) is 0 Å². The van der Waals surface area contributed by atoms with Crippen molar-refractivity contribution in [2.45, 2.75) is 19.3 Å². The smallest absolute Gasteiger partial charge is 0.162 e. The van der Waals surface area contributed by atoms with E-state index in [1.165, 1.54) is 0 Å². The molecular weight excluding hydrogens is 140 g/mol. The summed E-state index contributed by atoms with van der Waals surface area (Å²) in [5.41, 5.74) is 0.808. The number of methoxy groups -OCH3 is 1. The monoisotopic (exact) mass is 152 g/mol. The lowest BCUT2D eigenvalue weighted by atomic mass is 10.1. The predicted molar refractivity (Wildman–Crippen MR) is 43.1 cm³/mol. The minimum Gasteiger partial charge on any atom is -0.501 e. The lowest BCUT2D eigenvalue weighted by molar-refractivity contribution is -0.114. The maximum absolute atomic E-state index is 11.1. The van der Waals surface area contributed by atoms with Gasteiger partial charge >= 0.3 is 0 Å². The average molecular weight is 152 g/mol. The van der Waals surface area contributed by atoms with E-state index in [9.17, 15) is 4.79 Å². The molecule has 0 spiro atoms. The van der Waals surface area contributed by atoms with Gasteiger partial charge in [-0.25, -0.2) is 0 Å². The Hall–Kier alpha value is -1.05. The zero-order valence-corrected chi connectivity index (χ0v) is 6.72. The van der Waals surface area contributed by atoms with Gasteiger partial charge in [0.25, 0.3) is 0 Å². The van der Waals surface area contributed by atoms with Crippen LogP contribution in [0.1, 0.15) is 19.3 Å². The number of ether oxygens (including phenoxy) is 1. The predicted octanol–water partition coefficient (Wildman–Crippen LogP) is 1.83. The molecule has 0 atom stereocenters. The van der Waals surface area contributed by atoms with Crippen LogP contribution >= 0.6 is 0 Å². The highest BCUT2D eigenvalue weighted by Gasteiger charge is 2.21. The highest BCUT2D eigenvalue weighted by Crippen LogP contribution is 2.25. The molecule has 0 aliphatic heterocycles. The van der Waals surface area contributed by atoms with E-state index in [4.69, 9.17) is 4.74 Å². The molecule has 2 heteroatoms. The molecule has 60 valence electrons. The van der Waals surface area contributed by atoms with Crippen molar-refractivity contribution in [1.29, 1.82) is 0 Å². The lowest BCUT2D eigenvalue weighted by Gasteiger charge is -2.00. The van der Waals surface area contributed by atoms with Crippen molar-refractivity contribution in [2.24, 2.45) is 0 Å². The molecule has 0 fully saturated rings. The van der Waals surface area contributed by atoms with Gasteiger partial charge in [-0.3, -0.25) is 4.79 Å². The summed E-state index contributed by atoms with van der Waals surface area (Å²) in [5, 5.41) is 0. The highest BCUT2D eigenvalue weighted by molar-refractivity contribution is 5.98. The van der Waals surface area contributed by atoms with Gasteiger partial charge in [-0.1, -0.05) is 6.08 Å². The van der Waals surface area contributed by atoms with Gasteiger partial charge in [0.05, 0.1) is 7.11 Å². The van der Waals surface area contributed by atoms with Gasteiger partial charge in [0.1, 0.15) is 5.76 Å². The number of ketones is 1. The van der Waals surface area contributed by atoms with Crippen LogP contribution in [0, 0.1) is 0 Å². The lowest BCUT2D eigenvalue weighted by Crippen LogP contribution is -1.95. The summed E-state index contributed by atoms with van der Waals surface area (Å²) in [6.45, 7) is 3.59. The third kappa shape index (κ3) is 1.50. The Kier molecular flexibility index (Phi) is 2.47. The first-order valence-corrected chi connectivity index (χ1v) is 3.69. The standard InChI is InChI=1S/C9H12O2/c1-3-4-7-8(10)5-6-9(7)11-2/h3H,1,4-6H2,2H3. The van der Waals surface area contributed by atoms with Crippen molar-refractivity contribution in [3.05, 3.63) is 24.0 Å². The molecule has 0 unspecified atom stereocenters. The zero-order chi connectivity index (χ0) is 8.27. The molecule has 0 aromatic carbocycles. The van der Waals surface area contributed by atoms with Crippen molar-refractivity contribution in [3.63, 3.8) is 0 Å². The molecule has 2 nitrogen and oxygen atoms in total. The first-order valence-electron chi connectivity index (χ1n) is 3.69. The summed E-state index contributed by atoms with van der Waals surface area (Å²) in [6.07, 6.45) is 3.74. The second kappa shape index (κ2) is 3.37. The van der Waals surface area contributed by atoms with Crippen LogP contribution in [0.4, 0.5) is 0 Å². The summed E-state index contributed by atoms with van der Waals surface area (Å²) in [6, 6.07) is 0. The minimum absolute atomic E-state index is 0.210. The number of hydrogen-bond acceptors (Lipinski definition) is 2. The van der Waals surface area contributed by atoms with Crippen molar-refractivity contribution < 1.29 is 9.53 Å². The number of carbonyl (C=O) groups is 1. The molecule has 0 saturated carbocycles. The van der Waals surface area contributed by atoms with Crippen molar-refractivity contribution >= 4 is 5.78 Å². The van der Waals surface area contributed by atoms with Crippen LogP contribution in [-0.2, 0) is 9.53 Å². The second-order valence-corrected chi connectivity index (χ2v) is 2.52. The molecule has 0 aromatic heterocycles. The second-order valence-electron chi connectivity index (χ2n) is 2.52. The Bertz CT molecular complexity index is 214. The van der Waals surface area contributed by atoms with E-state index in [0.717, 1.165) is 17.8 Å². The molecule has 1 aliphatic rings. The summed E-state index contributed by atoms with van der Waals surface area (Å²) in [5.74, 6) is 1.05. The first kappa shape index (κ1) is 8.05. The largest absolute Gasteiger partial charge is 0.501 e. The molecule has 0 aromatic rings. The van der Waals surface area contributed by atoms with E-state index in [1.807, 2.05) is 0 Å². The van der Waals surface area contributed by atoms with Crippen molar-refractivity contribution in [3.8, 4) is 0 Å². The molecule has 1 aliphatic carbocycles. The summed E-state index contributed by atoms with van der Waals surface area (Å²) in [7, 11) is 1.61. The number of allylic oxidation sites excluding steroid dienone is 3. The van der Waals surface area contributed by atoms with E-state index in [1.54, 1.807) is 13.2 Å². The Balaban J connectivity index is 2.80. The fraction of sp³-hybridized carbons (Fsp3) is 0.444. The van der Waals surface area contributed by atoms with Crippen LogP contribution in [0.15, 0.2) is 24.0 Å². The quantitative estimate of drug-likeness (QED) is 0.576. The SMILES string of the molecule is C=CCC1=C(OC)CCC1=O. The molecular formula is C9H12O2. The number of carbonyl (C=O) groups excluding carboxylic acids is 1. The average Bonchev–Trinajstić information content (AvgIpc) is 2.34. The highest BCUT2D eigenvalue weighted by atomic mass is 16.5. The maximum atomic E-state index is 11.1. The van der Waals surface area contributed by atoms with Crippen LogP contribution in [0.2, 0.25) is 0 Å². The van der Waals surface area contributed by atoms with E-state index in [0.29, 0.717) is 12.8 Å². The van der Waals surface area contributed by atoms with Crippen LogP contribution < -0.4 is 0 Å². The summed E-state index contributed by atoms with van der Waals surface area (Å²) in [4.78, 5) is 11.1. The molecule has 0 amide bonds. The van der Waals surface area contributed by atoms with Crippen molar-refractivity contribution in [1.82, 2.24) is 0 Å². The maximum Gasteiger partial charge on any atom is 0.162 e. The van der Waals surface area contributed by atoms with Gasteiger partial charge < -0.3 is 4.74 Å². The van der Waals surface area contributed by atoms with Gasteiger partial charge in [0.15, 0.2) is 5.78 Å². The van der Waals surface area contributed by atoms with E-state index < -0.39 is 0 Å². The van der Waals surface area contributed by atoms with E-state index in [-0.39, 0.29) is 5.78 Å². The fourth-order valence-corrected chi connectivity index (χ4v) is 1.28. The summed E-state index contributed by atoms with van der Waals surface area (Å²) < 4.78 is 5.06. The number of rotatable bonds is 3. The van der Waals surface area contributed by atoms with E-state index >= 15 is 0 Å². The number of hydrogen-bond donors (Lipinski definition) is 0. The molecule has 0 bridgehead atoms. The van der Waals surface area contributed by atoms with Gasteiger partial charge in [-0.05, 0) is 6.42 Å². The fourth-order valence-electron chi connectivity index (χ4n) is 1.28. The Morgan fingerprint density at radius 3 is 2.91 bits per heavy atom. The molecule has 0 N–H and O–H groups in total. The number of Topliss-reactive ketones (excluding diaryl/α,β-unsaturated/α-hetero) is 1. The van der Waals surface area contributed by atoms with Gasteiger partial charge in [-0.15, -0.1) is 6.58 Å². The van der Waals surface area contributed by atoms with Crippen LogP contribution in [0.3, 0.4) is 0 Å². The zero-order valence-electron chi connectivity index (χ0n) is 6.72. The Morgan fingerprint density at radius 2 is 2.36 bits per heavy atom. The molecule has 1 rings (SSSR count). The van der Waals surface area contributed by atoms with Gasteiger partial charge in [0.2, 0.25) is 0 Å². The topological polar surface area (TPSA) is 26.3 Å². The minimum atomic E-state index is 0.210. The molecule has 0 heterocycles. The van der Waals surface area contributed by atoms with Crippen molar-refractivity contribution in [2.75, 3.05) is 7.11 Å². The van der Waals surface area contributed by atoms with Gasteiger partial charge in [0, 0.05) is 18.4 Å². The van der Waals surface area contributed by atoms with E-state index in [2.05, 4.69) is 6.58 Å². The van der Waals surface area contributed by atoms with Crippen LogP contribution in [-0.4, -0.2) is 12.9 Å². The third-order valence-electron chi connectivity index (χ3n) is 1.85. The third-order valence-corrected chi connectivity index (χ3v) is 1.85. The van der Waals surface area contributed by atoms with Gasteiger partial charge in [-0.2, -0.15) is 0 Å². The molecule has 0 saturated heterocycles. The molecule has 11 heavy (non-hydrogen) atoms. The Labute approximate surface area is 66.5 Å². The molecule has 0 radical (unpaired) electrons.